The molecule has 1 aromatic heterocycles. The third-order valence-electron chi connectivity index (χ3n) is 2.42. The van der Waals surface area contributed by atoms with Crippen molar-refractivity contribution in [3.05, 3.63) is 12.4 Å². The van der Waals surface area contributed by atoms with Gasteiger partial charge in [-0.1, -0.05) is 0 Å². The van der Waals surface area contributed by atoms with Crippen LogP contribution >= 0.6 is 24.8 Å². The molecule has 1 saturated heterocycles. The van der Waals surface area contributed by atoms with Crippen LogP contribution in [0, 0.1) is 0 Å². The van der Waals surface area contributed by atoms with Crippen molar-refractivity contribution in [1.29, 1.82) is 0 Å². The van der Waals surface area contributed by atoms with Gasteiger partial charge in [-0.3, -0.25) is 0 Å². The number of imidazole rings is 1. The molecule has 0 aliphatic carbocycles. The lowest BCUT2D eigenvalue weighted by Gasteiger charge is -2.20. The Balaban J connectivity index is 0.000000980. The van der Waals surface area contributed by atoms with Crippen LogP contribution in [0.15, 0.2) is 12.4 Å². The molecule has 6 heteroatoms. The fraction of sp³-hybridized carbons (Fsp3) is 0.667. The van der Waals surface area contributed by atoms with Crippen molar-refractivity contribution in [3.63, 3.8) is 0 Å². The van der Waals surface area contributed by atoms with Gasteiger partial charge >= 0.3 is 0 Å². The molecule has 1 aromatic rings. The second-order valence-corrected chi connectivity index (χ2v) is 3.43. The van der Waals surface area contributed by atoms with Gasteiger partial charge in [0.15, 0.2) is 0 Å². The summed E-state index contributed by atoms with van der Waals surface area (Å²) in [5.74, 6) is 1.09. The summed E-state index contributed by atoms with van der Waals surface area (Å²) in [7, 11) is 2.04. The third kappa shape index (κ3) is 3.55. The molecule has 15 heavy (non-hydrogen) atoms. The molecule has 0 saturated carbocycles. The van der Waals surface area contributed by atoms with Crippen molar-refractivity contribution in [2.45, 2.75) is 6.42 Å². The normalized spacial score (nSPS) is 16.2. The lowest BCUT2D eigenvalue weighted by Crippen LogP contribution is -2.29. The van der Waals surface area contributed by atoms with Gasteiger partial charge in [-0.25, -0.2) is 4.98 Å². The number of halogens is 2. The van der Waals surface area contributed by atoms with Crippen LogP contribution in [0.1, 0.15) is 6.42 Å². The monoisotopic (exact) mass is 252 g/mol. The third-order valence-corrected chi connectivity index (χ3v) is 2.42. The van der Waals surface area contributed by atoms with E-state index in [9.17, 15) is 0 Å². The first-order valence-corrected chi connectivity index (χ1v) is 4.81. The zero-order valence-electron chi connectivity index (χ0n) is 8.85. The van der Waals surface area contributed by atoms with Gasteiger partial charge in [-0.05, 0) is 13.0 Å². The van der Waals surface area contributed by atoms with Crippen LogP contribution in [0.4, 0.5) is 5.95 Å². The van der Waals surface area contributed by atoms with Gasteiger partial charge in [0, 0.05) is 39.1 Å². The van der Waals surface area contributed by atoms with Crippen molar-refractivity contribution >= 4 is 30.8 Å². The van der Waals surface area contributed by atoms with Crippen LogP contribution in [0.2, 0.25) is 0 Å². The number of aromatic nitrogens is 2. The topological polar surface area (TPSA) is 33.1 Å². The highest BCUT2D eigenvalue weighted by atomic mass is 35.5. The fourth-order valence-electron chi connectivity index (χ4n) is 1.71. The van der Waals surface area contributed by atoms with Crippen LogP contribution in [0.3, 0.4) is 0 Å². The summed E-state index contributed by atoms with van der Waals surface area (Å²) in [4.78, 5) is 6.68. The van der Waals surface area contributed by atoms with Gasteiger partial charge in [0.25, 0.3) is 0 Å². The van der Waals surface area contributed by atoms with Gasteiger partial charge in [-0.15, -0.1) is 24.8 Å². The molecule has 0 bridgehead atoms. The van der Waals surface area contributed by atoms with E-state index in [0.717, 1.165) is 32.1 Å². The Morgan fingerprint density at radius 3 is 2.73 bits per heavy atom. The van der Waals surface area contributed by atoms with Gasteiger partial charge in [0.05, 0.1) is 0 Å². The smallest absolute Gasteiger partial charge is 0.205 e. The average molecular weight is 253 g/mol. The molecule has 4 nitrogen and oxygen atoms in total. The second kappa shape index (κ2) is 6.93. The van der Waals surface area contributed by atoms with Crippen molar-refractivity contribution < 1.29 is 0 Å². The van der Waals surface area contributed by atoms with Crippen molar-refractivity contribution in [2.75, 3.05) is 31.1 Å². The van der Waals surface area contributed by atoms with Gasteiger partial charge in [-0.2, -0.15) is 0 Å². The first kappa shape index (κ1) is 14.6. The first-order chi connectivity index (χ1) is 6.38. The number of anilines is 1. The van der Waals surface area contributed by atoms with E-state index in [4.69, 9.17) is 0 Å². The van der Waals surface area contributed by atoms with Crippen LogP contribution < -0.4 is 10.2 Å². The molecule has 1 aliphatic rings. The predicted octanol–water partition coefficient (Wildman–Crippen LogP) is 1.06. The van der Waals surface area contributed by atoms with Crippen molar-refractivity contribution in [1.82, 2.24) is 14.9 Å². The summed E-state index contributed by atoms with van der Waals surface area (Å²) in [6.45, 7) is 4.36. The highest BCUT2D eigenvalue weighted by Crippen LogP contribution is 2.10. The van der Waals surface area contributed by atoms with E-state index in [0.29, 0.717) is 0 Å². The Kier molecular flexibility index (Phi) is 6.72. The summed E-state index contributed by atoms with van der Waals surface area (Å²) in [5, 5.41) is 3.38. The molecule has 0 aromatic carbocycles. The lowest BCUT2D eigenvalue weighted by atomic mass is 10.4. The van der Waals surface area contributed by atoms with Gasteiger partial charge < -0.3 is 14.8 Å². The summed E-state index contributed by atoms with van der Waals surface area (Å²) in [6.07, 6.45) is 5.05. The minimum atomic E-state index is 0. The van der Waals surface area contributed by atoms with E-state index >= 15 is 0 Å². The van der Waals surface area contributed by atoms with E-state index in [1.807, 2.05) is 19.4 Å². The van der Waals surface area contributed by atoms with Gasteiger partial charge in [0.1, 0.15) is 0 Å². The van der Waals surface area contributed by atoms with Crippen LogP contribution in [-0.2, 0) is 7.05 Å². The first-order valence-electron chi connectivity index (χ1n) is 4.81. The molecular weight excluding hydrogens is 235 g/mol. The molecule has 88 valence electrons. The minimum Gasteiger partial charge on any atom is -0.341 e. The Bertz CT molecular complexity index is 269. The molecule has 1 fully saturated rings. The Morgan fingerprint density at radius 2 is 2.07 bits per heavy atom. The second-order valence-electron chi connectivity index (χ2n) is 3.43. The fourth-order valence-corrected chi connectivity index (χ4v) is 1.71. The SMILES string of the molecule is Cl.Cl.Cn1ccnc1N1CCCNCC1. The number of hydrogen-bond acceptors (Lipinski definition) is 3. The van der Waals surface area contributed by atoms with Crippen molar-refractivity contribution in [2.24, 2.45) is 7.05 Å². The maximum atomic E-state index is 4.34. The molecular formula is C9H18Cl2N4. The quantitative estimate of drug-likeness (QED) is 0.812. The van der Waals surface area contributed by atoms with E-state index < -0.39 is 0 Å². The lowest BCUT2D eigenvalue weighted by molar-refractivity contribution is 0.724. The van der Waals surface area contributed by atoms with Crippen LogP contribution in [-0.4, -0.2) is 35.7 Å². The highest BCUT2D eigenvalue weighted by molar-refractivity contribution is 5.85. The summed E-state index contributed by atoms with van der Waals surface area (Å²) >= 11 is 0. The zero-order chi connectivity index (χ0) is 9.10. The summed E-state index contributed by atoms with van der Waals surface area (Å²) in [5.41, 5.74) is 0. The number of rotatable bonds is 1. The van der Waals surface area contributed by atoms with E-state index in [1.54, 1.807) is 0 Å². The minimum absolute atomic E-state index is 0. The molecule has 2 heterocycles. The molecule has 1 aliphatic heterocycles. The zero-order valence-corrected chi connectivity index (χ0v) is 10.5. The van der Waals surface area contributed by atoms with Gasteiger partial charge in [0.2, 0.25) is 5.95 Å². The number of nitrogens with one attached hydrogen (secondary N) is 1. The molecule has 0 spiro atoms. The Hall–Kier alpha value is -0.450. The highest BCUT2D eigenvalue weighted by Gasteiger charge is 2.12. The Labute approximate surface area is 103 Å². The molecule has 0 atom stereocenters. The van der Waals surface area contributed by atoms with E-state index in [2.05, 4.69) is 19.8 Å². The number of hydrogen-bond donors (Lipinski definition) is 1. The van der Waals surface area contributed by atoms with Crippen LogP contribution in [0.25, 0.3) is 0 Å². The average Bonchev–Trinajstić information content (AvgIpc) is 2.43. The summed E-state index contributed by atoms with van der Waals surface area (Å²) < 4.78 is 2.07. The largest absolute Gasteiger partial charge is 0.341 e. The molecule has 0 amide bonds. The number of aryl methyl sites for hydroxylation is 1. The van der Waals surface area contributed by atoms with Crippen LogP contribution in [0.5, 0.6) is 0 Å². The molecule has 1 N–H and O–H groups in total. The molecule has 0 unspecified atom stereocenters. The van der Waals surface area contributed by atoms with E-state index in [-0.39, 0.29) is 24.8 Å². The van der Waals surface area contributed by atoms with E-state index in [1.165, 1.54) is 6.42 Å². The van der Waals surface area contributed by atoms with Crippen molar-refractivity contribution in [3.8, 4) is 0 Å². The summed E-state index contributed by atoms with van der Waals surface area (Å²) in [6, 6.07) is 0. The maximum absolute atomic E-state index is 4.34. The predicted molar refractivity (Wildman–Crippen MR) is 67.4 cm³/mol. The molecule has 0 radical (unpaired) electrons. The number of nitrogens with zero attached hydrogens (tertiary/aromatic N) is 3. The Morgan fingerprint density at radius 1 is 1.27 bits per heavy atom. The molecule has 2 rings (SSSR count). The maximum Gasteiger partial charge on any atom is 0.205 e. The standard InChI is InChI=1S/C9H16N4.2ClH/c1-12-7-5-11-9(12)13-6-2-3-10-4-8-13;;/h5,7,10H,2-4,6,8H2,1H3;2*1H.